The van der Waals surface area contributed by atoms with Gasteiger partial charge in [0.1, 0.15) is 0 Å². The molecule has 0 bridgehead atoms. The van der Waals surface area contributed by atoms with E-state index in [0.717, 1.165) is 38.8 Å². The third kappa shape index (κ3) is 3.32. The van der Waals surface area contributed by atoms with Gasteiger partial charge in [0.25, 0.3) is 0 Å². The van der Waals surface area contributed by atoms with Crippen molar-refractivity contribution in [2.24, 2.45) is 0 Å². The van der Waals surface area contributed by atoms with Gasteiger partial charge >= 0.3 is 0 Å². The summed E-state index contributed by atoms with van der Waals surface area (Å²) in [5, 5.41) is 3.51. The van der Waals surface area contributed by atoms with Gasteiger partial charge in [-0.15, -0.1) is 0 Å². The van der Waals surface area contributed by atoms with Crippen LogP contribution in [0.15, 0.2) is 121 Å². The predicted octanol–water partition coefficient (Wildman–Crippen LogP) is 7.78. The molecular formula is C30H20N2. The Morgan fingerprint density at radius 1 is 0.469 bits per heavy atom. The van der Waals surface area contributed by atoms with Gasteiger partial charge in [-0.2, -0.15) is 0 Å². The van der Waals surface area contributed by atoms with Crippen LogP contribution in [0.3, 0.4) is 0 Å². The molecule has 0 saturated carbocycles. The molecule has 6 rings (SSSR count). The van der Waals surface area contributed by atoms with Crippen LogP contribution in [0.4, 0.5) is 0 Å². The molecule has 0 aliphatic rings. The second-order valence-electron chi connectivity index (χ2n) is 7.93. The smallest absolute Gasteiger partial charge is 0.0709 e. The zero-order valence-electron chi connectivity index (χ0n) is 17.4. The number of aromatic nitrogens is 2. The number of fused-ring (bicyclic) bond motifs is 2. The molecule has 0 unspecified atom stereocenters. The SMILES string of the molecule is c1ccc(-c2cc3cccc(-c4ccc(-c5ccc6ccccc6n5)cc4)c3cn2)cc1. The molecule has 0 spiro atoms. The first-order chi connectivity index (χ1) is 15.8. The highest BCUT2D eigenvalue weighted by Crippen LogP contribution is 2.32. The molecule has 0 aliphatic heterocycles. The van der Waals surface area contributed by atoms with E-state index < -0.39 is 0 Å². The summed E-state index contributed by atoms with van der Waals surface area (Å²) in [4.78, 5) is 9.57. The maximum absolute atomic E-state index is 4.83. The van der Waals surface area contributed by atoms with Gasteiger partial charge in [0.2, 0.25) is 0 Å². The molecule has 0 fully saturated rings. The minimum atomic E-state index is 0.988. The first-order valence-corrected chi connectivity index (χ1v) is 10.8. The molecular weight excluding hydrogens is 388 g/mol. The molecule has 32 heavy (non-hydrogen) atoms. The third-order valence-corrected chi connectivity index (χ3v) is 5.92. The molecule has 0 atom stereocenters. The Bertz CT molecular complexity index is 1550. The van der Waals surface area contributed by atoms with Crippen LogP contribution in [0.5, 0.6) is 0 Å². The van der Waals surface area contributed by atoms with Crippen LogP contribution < -0.4 is 0 Å². The second-order valence-corrected chi connectivity index (χ2v) is 7.93. The standard InChI is InChI=1S/C30H20N2/c1-2-7-22(8-3-1)30-19-25-10-6-11-26(27(25)20-31-30)21-13-15-24(16-14-21)29-18-17-23-9-4-5-12-28(23)32-29/h1-20H. The van der Waals surface area contributed by atoms with Gasteiger partial charge in [-0.25, -0.2) is 4.98 Å². The summed E-state index contributed by atoms with van der Waals surface area (Å²) in [5.74, 6) is 0. The number of rotatable bonds is 3. The van der Waals surface area contributed by atoms with Gasteiger partial charge in [-0.1, -0.05) is 97.1 Å². The number of hydrogen-bond acceptors (Lipinski definition) is 2. The quantitative estimate of drug-likeness (QED) is 0.299. The average molecular weight is 409 g/mol. The molecule has 0 saturated heterocycles. The minimum absolute atomic E-state index is 0.988. The molecule has 0 radical (unpaired) electrons. The van der Waals surface area contributed by atoms with Gasteiger partial charge in [0.05, 0.1) is 16.9 Å². The van der Waals surface area contributed by atoms with Gasteiger partial charge in [0, 0.05) is 28.1 Å². The highest BCUT2D eigenvalue weighted by atomic mass is 14.7. The molecule has 4 aromatic carbocycles. The van der Waals surface area contributed by atoms with E-state index in [9.17, 15) is 0 Å². The van der Waals surface area contributed by atoms with Gasteiger partial charge in [0.15, 0.2) is 0 Å². The lowest BCUT2D eigenvalue weighted by Gasteiger charge is -2.10. The molecule has 6 aromatic rings. The number of nitrogens with zero attached hydrogens (tertiary/aromatic N) is 2. The van der Waals surface area contributed by atoms with E-state index in [2.05, 4.69) is 84.9 Å². The number of hydrogen-bond donors (Lipinski definition) is 0. The Labute approximate surface area is 186 Å². The highest BCUT2D eigenvalue weighted by Gasteiger charge is 2.08. The zero-order chi connectivity index (χ0) is 21.3. The Hall–Kier alpha value is -4.30. The van der Waals surface area contributed by atoms with Crippen LogP contribution in [-0.4, -0.2) is 9.97 Å². The van der Waals surface area contributed by atoms with Crippen molar-refractivity contribution in [2.75, 3.05) is 0 Å². The fraction of sp³-hybridized carbons (Fsp3) is 0. The van der Waals surface area contributed by atoms with E-state index in [-0.39, 0.29) is 0 Å². The van der Waals surface area contributed by atoms with Crippen LogP contribution in [0.2, 0.25) is 0 Å². The number of benzene rings is 4. The van der Waals surface area contributed by atoms with E-state index in [1.807, 2.05) is 36.5 Å². The van der Waals surface area contributed by atoms with Crippen molar-refractivity contribution in [3.05, 3.63) is 121 Å². The van der Waals surface area contributed by atoms with Crippen LogP contribution in [-0.2, 0) is 0 Å². The van der Waals surface area contributed by atoms with Crippen molar-refractivity contribution >= 4 is 21.7 Å². The van der Waals surface area contributed by atoms with Crippen molar-refractivity contribution in [1.29, 1.82) is 0 Å². The minimum Gasteiger partial charge on any atom is -0.256 e. The van der Waals surface area contributed by atoms with Gasteiger partial charge in [-0.05, 0) is 34.7 Å². The third-order valence-electron chi connectivity index (χ3n) is 5.92. The maximum atomic E-state index is 4.83. The summed E-state index contributed by atoms with van der Waals surface area (Å²) in [5.41, 5.74) is 7.61. The number of pyridine rings is 2. The molecule has 2 heteroatoms. The lowest BCUT2D eigenvalue weighted by Crippen LogP contribution is -1.88. The van der Waals surface area contributed by atoms with Crippen LogP contribution in [0.25, 0.3) is 55.3 Å². The van der Waals surface area contributed by atoms with Crippen molar-refractivity contribution in [2.45, 2.75) is 0 Å². The summed E-state index contributed by atoms with van der Waals surface area (Å²) in [6, 6.07) is 40.0. The van der Waals surface area contributed by atoms with Crippen LogP contribution in [0.1, 0.15) is 0 Å². The predicted molar refractivity (Wildman–Crippen MR) is 133 cm³/mol. The van der Waals surface area contributed by atoms with Gasteiger partial charge in [-0.3, -0.25) is 4.98 Å². The van der Waals surface area contributed by atoms with Crippen LogP contribution in [0, 0.1) is 0 Å². The van der Waals surface area contributed by atoms with Crippen molar-refractivity contribution < 1.29 is 0 Å². The summed E-state index contributed by atoms with van der Waals surface area (Å²) in [6.07, 6.45) is 1.99. The Balaban J connectivity index is 1.38. The summed E-state index contributed by atoms with van der Waals surface area (Å²) in [6.45, 7) is 0. The molecule has 150 valence electrons. The maximum Gasteiger partial charge on any atom is 0.0709 e. The van der Waals surface area contributed by atoms with E-state index in [1.54, 1.807) is 0 Å². The Morgan fingerprint density at radius 3 is 2.06 bits per heavy atom. The summed E-state index contributed by atoms with van der Waals surface area (Å²) < 4.78 is 0. The Kier molecular flexibility index (Phi) is 4.47. The zero-order valence-corrected chi connectivity index (χ0v) is 17.4. The topological polar surface area (TPSA) is 25.8 Å². The highest BCUT2D eigenvalue weighted by molar-refractivity contribution is 5.97. The number of para-hydroxylation sites is 1. The summed E-state index contributed by atoms with van der Waals surface area (Å²) >= 11 is 0. The van der Waals surface area contributed by atoms with E-state index in [1.165, 1.54) is 16.5 Å². The van der Waals surface area contributed by atoms with Crippen molar-refractivity contribution in [3.8, 4) is 33.6 Å². The molecule has 2 nitrogen and oxygen atoms in total. The van der Waals surface area contributed by atoms with Crippen LogP contribution >= 0.6 is 0 Å². The lowest BCUT2D eigenvalue weighted by molar-refractivity contribution is 1.36. The first kappa shape index (κ1) is 18.5. The van der Waals surface area contributed by atoms with Crippen molar-refractivity contribution in [1.82, 2.24) is 9.97 Å². The average Bonchev–Trinajstić information content (AvgIpc) is 2.88. The molecule has 0 aliphatic carbocycles. The van der Waals surface area contributed by atoms with Crippen molar-refractivity contribution in [3.63, 3.8) is 0 Å². The van der Waals surface area contributed by atoms with Gasteiger partial charge < -0.3 is 0 Å². The fourth-order valence-electron chi connectivity index (χ4n) is 4.24. The molecule has 2 aromatic heterocycles. The Morgan fingerprint density at radius 2 is 1.19 bits per heavy atom. The van der Waals surface area contributed by atoms with E-state index >= 15 is 0 Å². The normalized spacial score (nSPS) is 11.1. The fourth-order valence-corrected chi connectivity index (χ4v) is 4.24. The summed E-state index contributed by atoms with van der Waals surface area (Å²) in [7, 11) is 0. The van der Waals surface area contributed by atoms with E-state index in [0.29, 0.717) is 0 Å². The van der Waals surface area contributed by atoms with E-state index in [4.69, 9.17) is 9.97 Å². The molecule has 0 amide bonds. The monoisotopic (exact) mass is 408 g/mol. The first-order valence-electron chi connectivity index (χ1n) is 10.8. The largest absolute Gasteiger partial charge is 0.256 e. The lowest BCUT2D eigenvalue weighted by atomic mass is 9.97. The second kappa shape index (κ2) is 7.75. The molecule has 0 N–H and O–H groups in total. The molecule has 2 heterocycles.